The molecule has 0 aliphatic rings. The average Bonchev–Trinajstić information content (AvgIpc) is 3.40. The fraction of sp³-hybridized carbons (Fsp3) is 0.216. The Morgan fingerprint density at radius 2 is 0.689 bits per heavy atom. The Hall–Kier alpha value is -6.94. The maximum Gasteiger partial charge on any atom is 0.227 e. The number of pyridine rings is 1. The fourth-order valence-electron chi connectivity index (χ4n) is 8.92. The first-order chi connectivity index (χ1) is 35.0. The number of fused-ring (bicyclic) bond motifs is 1. The molecule has 0 radical (unpaired) electrons. The number of aromatic nitrogens is 1. The van der Waals surface area contributed by atoms with Crippen molar-refractivity contribution in [1.29, 1.82) is 0 Å². The van der Waals surface area contributed by atoms with E-state index in [1.807, 2.05) is 30.3 Å². The van der Waals surface area contributed by atoms with Crippen LogP contribution in [0, 0.1) is 116 Å². The average molecular weight is 1070 g/mol. The van der Waals surface area contributed by atoms with Gasteiger partial charge in [-0.3, -0.25) is 4.79 Å². The number of rotatable bonds is 16. The van der Waals surface area contributed by atoms with E-state index in [4.69, 9.17) is 0 Å². The first-order valence-electron chi connectivity index (χ1n) is 22.2. The molecule has 0 N–H and O–H groups in total. The van der Waals surface area contributed by atoms with Crippen molar-refractivity contribution in [2.45, 2.75) is 71.3 Å². The summed E-state index contributed by atoms with van der Waals surface area (Å²) < 4.78 is 296. The van der Waals surface area contributed by atoms with Gasteiger partial charge in [0.05, 0.1) is 0 Å². The summed E-state index contributed by atoms with van der Waals surface area (Å²) in [4.78, 5) is 12.8. The zero-order valence-electron chi connectivity index (χ0n) is 37.9. The van der Waals surface area contributed by atoms with Gasteiger partial charge >= 0.3 is 0 Å². The predicted molar refractivity (Wildman–Crippen MR) is 230 cm³/mol. The maximum absolute atomic E-state index is 15.4. The second-order valence-electron chi connectivity index (χ2n) is 16.8. The molecule has 0 unspecified atom stereocenters. The van der Waals surface area contributed by atoms with Crippen LogP contribution in [-0.4, -0.2) is 11.9 Å². The van der Waals surface area contributed by atoms with Gasteiger partial charge in [-0.2, -0.15) is 4.57 Å². The second kappa shape index (κ2) is 23.1. The van der Waals surface area contributed by atoms with E-state index in [2.05, 4.69) is 48.0 Å². The molecular formula is C51H34BF20NO. The van der Waals surface area contributed by atoms with Gasteiger partial charge in [-0.15, -0.1) is 21.9 Å². The highest BCUT2D eigenvalue weighted by molar-refractivity contribution is 7.20. The SMILES string of the molecule is CCCCCCCCCCc1c2ccccc2cc[n+]1CC(=O)c1ccccc1.Fc1c(F)c(F)c([B-](c2c(F)c(F)c(F)c(F)c2F)(c2c(F)c(F)c(F)c(F)c2F)c2c(F)c(F)c(F)c(F)c2F)c(F)c1F. The van der Waals surface area contributed by atoms with E-state index in [0.717, 1.165) is 12.0 Å². The van der Waals surface area contributed by atoms with Crippen LogP contribution in [-0.2, 0) is 13.0 Å². The summed E-state index contributed by atoms with van der Waals surface area (Å²) in [5.74, 6) is -71.2. The van der Waals surface area contributed by atoms with Gasteiger partial charge in [0.1, 0.15) is 52.7 Å². The molecule has 0 atom stereocenters. The normalized spacial score (nSPS) is 11.6. The number of unbranched alkanes of at least 4 members (excludes halogenated alkanes) is 7. The van der Waals surface area contributed by atoms with E-state index in [0.29, 0.717) is 6.54 Å². The minimum absolute atomic E-state index is 0.169. The lowest BCUT2D eigenvalue weighted by molar-refractivity contribution is -0.689. The molecule has 0 fully saturated rings. The Balaban J connectivity index is 0.000000265. The van der Waals surface area contributed by atoms with Crippen LogP contribution in [0.1, 0.15) is 74.3 Å². The van der Waals surface area contributed by atoms with Crippen LogP contribution in [0.2, 0.25) is 0 Å². The second-order valence-corrected chi connectivity index (χ2v) is 16.8. The highest BCUT2D eigenvalue weighted by Crippen LogP contribution is 2.31. The lowest BCUT2D eigenvalue weighted by Crippen LogP contribution is -2.81. The number of hydrogen-bond acceptors (Lipinski definition) is 1. The van der Waals surface area contributed by atoms with E-state index in [-0.39, 0.29) is 5.78 Å². The molecule has 7 aromatic rings. The largest absolute Gasteiger partial charge is 0.287 e. The van der Waals surface area contributed by atoms with Gasteiger partial charge in [-0.25, -0.2) is 87.8 Å². The van der Waals surface area contributed by atoms with Crippen molar-refractivity contribution in [3.05, 3.63) is 194 Å². The lowest BCUT2D eigenvalue weighted by atomic mass is 9.12. The van der Waals surface area contributed by atoms with Crippen molar-refractivity contribution in [3.8, 4) is 0 Å². The predicted octanol–water partition coefficient (Wildman–Crippen LogP) is 12.5. The summed E-state index contributed by atoms with van der Waals surface area (Å²) in [7, 11) is 0. The minimum Gasteiger partial charge on any atom is -0.287 e. The number of hydrogen-bond donors (Lipinski definition) is 0. The Morgan fingerprint density at radius 1 is 0.378 bits per heavy atom. The standard InChI is InChI=1S/C27H34NO.C24BF20/c1-2-3-4-5-6-7-8-12-19-26-25-18-14-13-15-23(25)20-21-28(26)22-27(29)24-16-10-9-11-17-24;26-5-1(6(27)14(35)21(42)13(5)34)25(2-7(28)15(36)22(43)16(37)8(2)29,3-9(30)17(38)23(44)18(39)10(3)31)4-11(32)19(40)24(45)20(41)12(4)33/h9-11,13-18,20-21H,2-8,12,19,22H2,1H3;/q+1;-1. The number of carbonyl (C=O) groups excluding carboxylic acids is 1. The van der Waals surface area contributed by atoms with Crippen molar-refractivity contribution in [3.63, 3.8) is 0 Å². The highest BCUT2D eigenvalue weighted by atomic mass is 19.2. The quantitative estimate of drug-likeness (QED) is 0.0180. The first kappa shape index (κ1) is 56.4. The third-order valence-corrected chi connectivity index (χ3v) is 12.4. The molecule has 0 aliphatic heterocycles. The van der Waals surface area contributed by atoms with Gasteiger partial charge in [0, 0.05) is 23.4 Å². The number of ketones is 1. The van der Waals surface area contributed by atoms with Gasteiger partial charge in [0.25, 0.3) is 0 Å². The molecule has 0 saturated heterocycles. The summed E-state index contributed by atoms with van der Waals surface area (Å²) in [6.45, 7) is 2.67. The fourth-order valence-corrected chi connectivity index (χ4v) is 8.92. The number of benzene rings is 6. The van der Waals surface area contributed by atoms with Crippen LogP contribution >= 0.6 is 0 Å². The molecule has 1 heterocycles. The van der Waals surface area contributed by atoms with Crippen molar-refractivity contribution in [2.75, 3.05) is 0 Å². The van der Waals surface area contributed by atoms with Gasteiger partial charge in [-0.1, -0.05) is 100 Å². The Kier molecular flexibility index (Phi) is 17.6. The molecule has 392 valence electrons. The van der Waals surface area contributed by atoms with Gasteiger partial charge in [0.2, 0.25) is 12.3 Å². The zero-order valence-corrected chi connectivity index (χ0v) is 37.9. The maximum atomic E-state index is 15.4. The van der Waals surface area contributed by atoms with Crippen LogP contribution in [0.3, 0.4) is 0 Å². The summed E-state index contributed by atoms with van der Waals surface area (Å²) in [6, 6.07) is 20.3. The summed E-state index contributed by atoms with van der Waals surface area (Å²) in [5, 5.41) is 2.53. The van der Waals surface area contributed by atoms with E-state index in [1.165, 1.54) is 67.8 Å². The van der Waals surface area contributed by atoms with Gasteiger partial charge < -0.3 is 0 Å². The highest BCUT2D eigenvalue weighted by Gasteiger charge is 2.52. The molecule has 74 heavy (non-hydrogen) atoms. The van der Waals surface area contributed by atoms with E-state index < -0.39 is 144 Å². The molecule has 0 aliphatic carbocycles. The van der Waals surface area contributed by atoms with Crippen molar-refractivity contribution >= 4 is 44.6 Å². The molecule has 0 amide bonds. The molecule has 0 spiro atoms. The van der Waals surface area contributed by atoms with E-state index in [9.17, 15) is 57.5 Å². The number of nitrogens with zero attached hydrogens (tertiary/aromatic N) is 1. The summed E-state index contributed by atoms with van der Waals surface area (Å²) >= 11 is 0. The zero-order chi connectivity index (χ0) is 54.7. The summed E-state index contributed by atoms with van der Waals surface area (Å²) in [5.41, 5.74) is -12.3. The minimum atomic E-state index is -7.22. The monoisotopic (exact) mass is 1070 g/mol. The van der Waals surface area contributed by atoms with E-state index in [1.54, 1.807) is 0 Å². The third-order valence-electron chi connectivity index (χ3n) is 12.4. The van der Waals surface area contributed by atoms with Crippen LogP contribution in [0.15, 0.2) is 66.9 Å². The molecule has 23 heteroatoms. The molecule has 2 nitrogen and oxygen atoms in total. The summed E-state index contributed by atoms with van der Waals surface area (Å²) in [6.07, 6.45) is 6.43. The van der Waals surface area contributed by atoms with Crippen LogP contribution in [0.5, 0.6) is 0 Å². The molecule has 0 saturated carbocycles. The van der Waals surface area contributed by atoms with Crippen LogP contribution in [0.4, 0.5) is 87.8 Å². The molecule has 1 aromatic heterocycles. The Bertz CT molecular complexity index is 2900. The Labute approximate surface area is 406 Å². The smallest absolute Gasteiger partial charge is 0.227 e. The van der Waals surface area contributed by atoms with Crippen molar-refractivity contribution < 1.29 is 97.2 Å². The third kappa shape index (κ3) is 10.0. The van der Waals surface area contributed by atoms with Crippen molar-refractivity contribution in [1.82, 2.24) is 0 Å². The number of halogens is 20. The Morgan fingerprint density at radius 3 is 1.05 bits per heavy atom. The number of Topliss-reactive ketones (excluding diaryl/α,β-unsaturated/α-hetero) is 1. The van der Waals surface area contributed by atoms with Crippen molar-refractivity contribution in [2.24, 2.45) is 0 Å². The van der Waals surface area contributed by atoms with Gasteiger partial charge in [0.15, 0.2) is 81.7 Å². The molecule has 7 rings (SSSR count). The molecular weight excluding hydrogens is 1030 g/mol. The lowest BCUT2D eigenvalue weighted by Gasteiger charge is -2.44. The van der Waals surface area contributed by atoms with Gasteiger partial charge in [-0.05, 0) is 17.9 Å². The molecule has 6 aromatic carbocycles. The molecule has 0 bridgehead atoms. The number of aryl methyl sites for hydroxylation is 1. The van der Waals surface area contributed by atoms with Crippen LogP contribution < -0.4 is 26.4 Å². The topological polar surface area (TPSA) is 20.9 Å². The van der Waals surface area contributed by atoms with E-state index >= 15 is 35.1 Å². The first-order valence-corrected chi connectivity index (χ1v) is 22.2. The van der Waals surface area contributed by atoms with Crippen LogP contribution in [0.25, 0.3) is 10.8 Å². The number of carbonyl (C=O) groups is 1.